The van der Waals surface area contributed by atoms with Crippen LogP contribution in [0.15, 0.2) is 17.0 Å². The van der Waals surface area contributed by atoms with E-state index in [0.29, 0.717) is 49.0 Å². The van der Waals surface area contributed by atoms with E-state index in [1.165, 1.54) is 10.4 Å². The van der Waals surface area contributed by atoms with E-state index in [1.54, 1.807) is 13.0 Å². The highest BCUT2D eigenvalue weighted by Gasteiger charge is 2.30. The van der Waals surface area contributed by atoms with Crippen molar-refractivity contribution in [3.8, 4) is 12.3 Å². The maximum Gasteiger partial charge on any atom is 0.243 e. The van der Waals surface area contributed by atoms with Gasteiger partial charge in [0.2, 0.25) is 10.0 Å². The van der Waals surface area contributed by atoms with Crippen LogP contribution in [0.5, 0.6) is 0 Å². The van der Waals surface area contributed by atoms with Gasteiger partial charge in [0.15, 0.2) is 0 Å². The second-order valence-corrected chi connectivity index (χ2v) is 7.35. The fourth-order valence-electron chi connectivity index (χ4n) is 2.34. The van der Waals surface area contributed by atoms with Crippen LogP contribution in [0.1, 0.15) is 5.56 Å². The Morgan fingerprint density at radius 2 is 1.95 bits per heavy atom. The zero-order valence-electron chi connectivity index (χ0n) is 11.8. The minimum Gasteiger partial charge on any atom is -0.398 e. The van der Waals surface area contributed by atoms with Gasteiger partial charge in [0.05, 0.1) is 11.4 Å². The van der Waals surface area contributed by atoms with Gasteiger partial charge in [-0.3, -0.25) is 4.90 Å². The van der Waals surface area contributed by atoms with Gasteiger partial charge >= 0.3 is 0 Å². The molecular formula is C14H18ClN3O2S. The molecular weight excluding hydrogens is 310 g/mol. The van der Waals surface area contributed by atoms with E-state index in [2.05, 4.69) is 5.92 Å². The highest BCUT2D eigenvalue weighted by Crippen LogP contribution is 2.28. The summed E-state index contributed by atoms with van der Waals surface area (Å²) in [5.74, 6) is 2.57. The molecule has 1 heterocycles. The average molecular weight is 328 g/mol. The fraction of sp³-hybridized carbons (Fsp3) is 0.429. The number of rotatable bonds is 3. The molecule has 1 aromatic rings. The summed E-state index contributed by atoms with van der Waals surface area (Å²) in [6.45, 7) is 4.30. The van der Waals surface area contributed by atoms with Crippen LogP contribution in [0, 0.1) is 19.3 Å². The summed E-state index contributed by atoms with van der Waals surface area (Å²) in [5.41, 5.74) is 6.73. The lowest BCUT2D eigenvalue weighted by atomic mass is 10.2. The van der Waals surface area contributed by atoms with Crippen molar-refractivity contribution in [1.29, 1.82) is 0 Å². The Hall–Kier alpha value is -1.26. The van der Waals surface area contributed by atoms with Crippen LogP contribution in [-0.2, 0) is 10.0 Å². The summed E-state index contributed by atoms with van der Waals surface area (Å²) in [6, 6.07) is 3.01. The number of nitrogens with zero attached hydrogens (tertiary/aromatic N) is 2. The van der Waals surface area contributed by atoms with Crippen molar-refractivity contribution in [2.45, 2.75) is 11.8 Å². The SMILES string of the molecule is C#CCN1CCN(S(=O)(=O)c2cc(Cl)cc(N)c2C)CC1. The van der Waals surface area contributed by atoms with Gasteiger partial charge in [0, 0.05) is 36.9 Å². The molecule has 1 fully saturated rings. The fourth-order valence-corrected chi connectivity index (χ4v) is 4.33. The Morgan fingerprint density at radius 3 is 2.52 bits per heavy atom. The number of terminal acetylenes is 1. The maximum absolute atomic E-state index is 12.7. The lowest BCUT2D eigenvalue weighted by Crippen LogP contribution is -2.48. The molecule has 2 rings (SSSR count). The van der Waals surface area contributed by atoms with Crippen molar-refractivity contribution < 1.29 is 8.42 Å². The van der Waals surface area contributed by atoms with Gasteiger partial charge in [-0.2, -0.15) is 4.31 Å². The zero-order valence-corrected chi connectivity index (χ0v) is 13.4. The van der Waals surface area contributed by atoms with E-state index in [9.17, 15) is 8.42 Å². The summed E-state index contributed by atoms with van der Waals surface area (Å²) < 4.78 is 26.9. The van der Waals surface area contributed by atoms with Gasteiger partial charge in [0.1, 0.15) is 0 Å². The highest BCUT2D eigenvalue weighted by atomic mass is 35.5. The highest BCUT2D eigenvalue weighted by molar-refractivity contribution is 7.89. The molecule has 0 spiro atoms. The van der Waals surface area contributed by atoms with E-state index in [1.807, 2.05) is 4.90 Å². The van der Waals surface area contributed by atoms with Crippen molar-refractivity contribution >= 4 is 27.3 Å². The Kier molecular flexibility index (Phi) is 4.79. The topological polar surface area (TPSA) is 66.6 Å². The zero-order chi connectivity index (χ0) is 15.6. The van der Waals surface area contributed by atoms with Crippen molar-refractivity contribution in [1.82, 2.24) is 9.21 Å². The quantitative estimate of drug-likeness (QED) is 0.668. The van der Waals surface area contributed by atoms with E-state index < -0.39 is 10.0 Å². The van der Waals surface area contributed by atoms with Crippen LogP contribution in [0.25, 0.3) is 0 Å². The smallest absolute Gasteiger partial charge is 0.243 e. The van der Waals surface area contributed by atoms with Crippen LogP contribution >= 0.6 is 11.6 Å². The molecule has 2 N–H and O–H groups in total. The van der Waals surface area contributed by atoms with Crippen molar-refractivity contribution in [3.05, 3.63) is 22.7 Å². The molecule has 1 aliphatic rings. The van der Waals surface area contributed by atoms with Crippen molar-refractivity contribution in [2.75, 3.05) is 38.5 Å². The number of nitrogens with two attached hydrogens (primary N) is 1. The van der Waals surface area contributed by atoms with Crippen LogP contribution in [-0.4, -0.2) is 50.3 Å². The normalized spacial score (nSPS) is 17.6. The monoisotopic (exact) mass is 327 g/mol. The molecule has 0 amide bonds. The molecule has 0 bridgehead atoms. The van der Waals surface area contributed by atoms with Gasteiger partial charge < -0.3 is 5.73 Å². The standard InChI is InChI=1S/C14H18ClN3O2S/c1-3-4-17-5-7-18(8-6-17)21(19,20)14-10-12(15)9-13(16)11(14)2/h1,9-10H,4-8,16H2,2H3. The summed E-state index contributed by atoms with van der Waals surface area (Å²) in [5, 5.41) is 0.322. The Balaban J connectivity index is 2.26. The van der Waals surface area contributed by atoms with Crippen LogP contribution < -0.4 is 5.73 Å². The van der Waals surface area contributed by atoms with Gasteiger partial charge in [0.25, 0.3) is 0 Å². The molecule has 114 valence electrons. The summed E-state index contributed by atoms with van der Waals surface area (Å²) >= 11 is 5.94. The number of halogens is 1. The predicted octanol–water partition coefficient (Wildman–Crippen LogP) is 1.17. The first-order valence-electron chi connectivity index (χ1n) is 6.58. The molecule has 0 atom stereocenters. The van der Waals surface area contributed by atoms with Gasteiger partial charge in [-0.15, -0.1) is 6.42 Å². The molecule has 0 radical (unpaired) electrons. The van der Waals surface area contributed by atoms with Gasteiger partial charge in [-0.05, 0) is 24.6 Å². The number of anilines is 1. The summed E-state index contributed by atoms with van der Waals surface area (Å²) in [7, 11) is -3.59. The average Bonchev–Trinajstić information content (AvgIpc) is 2.43. The third-order valence-electron chi connectivity index (χ3n) is 3.63. The molecule has 21 heavy (non-hydrogen) atoms. The molecule has 0 unspecified atom stereocenters. The second kappa shape index (κ2) is 6.24. The van der Waals surface area contributed by atoms with Crippen LogP contribution in [0.4, 0.5) is 5.69 Å². The first-order valence-corrected chi connectivity index (χ1v) is 8.39. The molecule has 7 heteroatoms. The number of hydrogen-bond acceptors (Lipinski definition) is 4. The van der Waals surface area contributed by atoms with E-state index in [0.717, 1.165) is 0 Å². The van der Waals surface area contributed by atoms with E-state index in [-0.39, 0.29) is 4.90 Å². The lowest BCUT2D eigenvalue weighted by Gasteiger charge is -2.33. The van der Waals surface area contributed by atoms with Gasteiger partial charge in [-0.1, -0.05) is 17.5 Å². The molecule has 5 nitrogen and oxygen atoms in total. The predicted molar refractivity (Wildman–Crippen MR) is 84.6 cm³/mol. The Bertz CT molecular complexity index is 674. The number of sulfonamides is 1. The molecule has 1 aliphatic heterocycles. The molecule has 1 saturated heterocycles. The second-order valence-electron chi connectivity index (χ2n) is 5.00. The number of nitrogen functional groups attached to an aromatic ring is 1. The van der Waals surface area contributed by atoms with Crippen molar-refractivity contribution in [3.63, 3.8) is 0 Å². The number of hydrogen-bond donors (Lipinski definition) is 1. The number of piperazine rings is 1. The minimum atomic E-state index is -3.59. The first kappa shape index (κ1) is 16.1. The Labute approximate surface area is 130 Å². The summed E-state index contributed by atoms with van der Waals surface area (Å²) in [6.07, 6.45) is 5.27. The van der Waals surface area contributed by atoms with Crippen LogP contribution in [0.2, 0.25) is 5.02 Å². The Morgan fingerprint density at radius 1 is 1.33 bits per heavy atom. The molecule has 0 aromatic heterocycles. The third-order valence-corrected chi connectivity index (χ3v) is 5.87. The maximum atomic E-state index is 12.7. The molecule has 0 aliphatic carbocycles. The van der Waals surface area contributed by atoms with Crippen LogP contribution in [0.3, 0.4) is 0 Å². The van der Waals surface area contributed by atoms with Crippen molar-refractivity contribution in [2.24, 2.45) is 0 Å². The molecule has 1 aromatic carbocycles. The van der Waals surface area contributed by atoms with Gasteiger partial charge in [-0.25, -0.2) is 8.42 Å². The van der Waals surface area contributed by atoms with E-state index in [4.69, 9.17) is 23.8 Å². The first-order chi connectivity index (χ1) is 9.86. The molecule has 0 saturated carbocycles. The van der Waals surface area contributed by atoms with E-state index >= 15 is 0 Å². The summed E-state index contributed by atoms with van der Waals surface area (Å²) in [4.78, 5) is 2.23. The largest absolute Gasteiger partial charge is 0.398 e. The number of benzene rings is 1. The third kappa shape index (κ3) is 3.33. The minimum absolute atomic E-state index is 0.179. The lowest BCUT2D eigenvalue weighted by molar-refractivity contribution is 0.207.